The minimum absolute atomic E-state index is 0.0907. The first-order chi connectivity index (χ1) is 17.4. The zero-order valence-electron chi connectivity index (χ0n) is 20.4. The van der Waals surface area contributed by atoms with Gasteiger partial charge in [0.2, 0.25) is 5.91 Å². The van der Waals surface area contributed by atoms with Gasteiger partial charge in [-0.1, -0.05) is 67.8 Å². The van der Waals surface area contributed by atoms with Crippen LogP contribution in [0.25, 0.3) is 0 Å². The second-order valence-corrected chi connectivity index (χ2v) is 12.3. The van der Waals surface area contributed by atoms with Gasteiger partial charge >= 0.3 is 0 Å². The van der Waals surface area contributed by atoms with Gasteiger partial charge in [0.25, 0.3) is 0 Å². The Hall–Kier alpha value is -1.63. The van der Waals surface area contributed by atoms with E-state index in [4.69, 9.17) is 23.2 Å². The average Bonchev–Trinajstić information content (AvgIpc) is 3.23. The van der Waals surface area contributed by atoms with Crippen molar-refractivity contribution in [1.82, 2.24) is 5.32 Å². The molecule has 0 spiro atoms. The number of hydrogen-bond donors (Lipinski definition) is 3. The summed E-state index contributed by atoms with van der Waals surface area (Å²) in [4.78, 5) is 14.9. The van der Waals surface area contributed by atoms with Crippen molar-refractivity contribution >= 4 is 52.2 Å². The molecule has 2 aliphatic carbocycles. The molecule has 2 saturated carbocycles. The zero-order chi connectivity index (χ0) is 25.1. The molecule has 2 aromatic carbocycles. The van der Waals surface area contributed by atoms with Crippen LogP contribution in [0.3, 0.4) is 0 Å². The SMILES string of the molecule is O=C(NC1CCCCC1)C(C1CCCCC1)C1(CSc2c(Cl)cccc2Cl)Nc2ccc(F)cc2N1. The number of carbonyl (C=O) groups excluding carboxylic acids is 1. The van der Waals surface area contributed by atoms with E-state index in [0.717, 1.165) is 61.9 Å². The third-order valence-corrected chi connectivity index (χ3v) is 10.1. The lowest BCUT2D eigenvalue weighted by molar-refractivity contribution is -0.129. The van der Waals surface area contributed by atoms with Crippen LogP contribution in [-0.4, -0.2) is 23.4 Å². The fourth-order valence-corrected chi connectivity index (χ4v) is 8.04. The van der Waals surface area contributed by atoms with Crippen molar-refractivity contribution in [3.05, 3.63) is 52.3 Å². The Morgan fingerprint density at radius 3 is 2.31 bits per heavy atom. The van der Waals surface area contributed by atoms with Gasteiger partial charge in [-0.25, -0.2) is 4.39 Å². The quantitative estimate of drug-likeness (QED) is 0.305. The first kappa shape index (κ1) is 26.0. The summed E-state index contributed by atoms with van der Waals surface area (Å²) in [6, 6.07) is 10.4. The summed E-state index contributed by atoms with van der Waals surface area (Å²) in [5.41, 5.74) is 0.699. The molecule has 3 N–H and O–H groups in total. The van der Waals surface area contributed by atoms with Crippen molar-refractivity contribution < 1.29 is 9.18 Å². The van der Waals surface area contributed by atoms with E-state index in [-0.39, 0.29) is 29.6 Å². The van der Waals surface area contributed by atoms with Crippen LogP contribution < -0.4 is 16.0 Å². The van der Waals surface area contributed by atoms with Crippen LogP contribution in [0.4, 0.5) is 15.8 Å². The summed E-state index contributed by atoms with van der Waals surface area (Å²) < 4.78 is 14.2. The van der Waals surface area contributed by atoms with E-state index in [0.29, 0.717) is 21.5 Å². The molecular weight excluding hydrogens is 516 g/mol. The van der Waals surface area contributed by atoms with Gasteiger partial charge in [0.15, 0.2) is 0 Å². The lowest BCUT2D eigenvalue weighted by atomic mass is 9.73. The number of benzene rings is 2. The minimum Gasteiger partial charge on any atom is -0.360 e. The molecule has 0 radical (unpaired) electrons. The Labute approximate surface area is 227 Å². The van der Waals surface area contributed by atoms with Gasteiger partial charge in [0, 0.05) is 16.7 Å². The van der Waals surface area contributed by atoms with Crippen LogP contribution in [0.15, 0.2) is 41.3 Å². The first-order valence-electron chi connectivity index (χ1n) is 13.2. The Morgan fingerprint density at radius 2 is 1.61 bits per heavy atom. The summed E-state index contributed by atoms with van der Waals surface area (Å²) in [5.74, 6) is 0.189. The highest BCUT2D eigenvalue weighted by molar-refractivity contribution is 7.99. The summed E-state index contributed by atoms with van der Waals surface area (Å²) in [6.07, 6.45) is 11.1. The van der Waals surface area contributed by atoms with Crippen molar-refractivity contribution in [3.8, 4) is 0 Å². The number of anilines is 2. The Bertz CT molecular complexity index is 1070. The predicted octanol–water partition coefficient (Wildman–Crippen LogP) is 8.10. The summed E-state index contributed by atoms with van der Waals surface area (Å²) in [5, 5.41) is 11.8. The highest BCUT2D eigenvalue weighted by Crippen LogP contribution is 2.47. The van der Waals surface area contributed by atoms with Gasteiger partial charge in [-0.15, -0.1) is 11.8 Å². The van der Waals surface area contributed by atoms with Crippen molar-refractivity contribution in [3.63, 3.8) is 0 Å². The number of nitrogens with one attached hydrogen (secondary N) is 3. The molecule has 5 rings (SSSR count). The normalized spacial score (nSPS) is 23.4. The molecule has 1 amide bonds. The third kappa shape index (κ3) is 5.61. The monoisotopic (exact) mass is 549 g/mol. The number of thioether (sulfide) groups is 1. The predicted molar refractivity (Wildman–Crippen MR) is 149 cm³/mol. The standard InChI is InChI=1S/C28H34Cl2FN3OS/c29-21-12-7-13-22(30)26(21)36-17-28(33-23-15-14-19(31)16-24(23)34-28)25(18-8-3-1-4-9-18)27(35)32-20-10-5-2-6-11-20/h7,12-16,18,20,25,33-34H,1-6,8-11,17H2,(H,32,35). The number of hydrogen-bond acceptors (Lipinski definition) is 4. The zero-order valence-corrected chi connectivity index (χ0v) is 22.8. The summed E-state index contributed by atoms with van der Waals surface area (Å²) in [6.45, 7) is 0. The second-order valence-electron chi connectivity index (χ2n) is 10.5. The van der Waals surface area contributed by atoms with Crippen LogP contribution in [0.1, 0.15) is 64.2 Å². The van der Waals surface area contributed by atoms with Crippen molar-refractivity contribution in [2.75, 3.05) is 16.4 Å². The second kappa shape index (κ2) is 11.4. The van der Waals surface area contributed by atoms with E-state index in [1.165, 1.54) is 36.7 Å². The van der Waals surface area contributed by atoms with E-state index >= 15 is 0 Å². The van der Waals surface area contributed by atoms with Gasteiger partial charge in [-0.2, -0.15) is 0 Å². The van der Waals surface area contributed by atoms with Crippen molar-refractivity contribution in [2.45, 2.75) is 80.8 Å². The van der Waals surface area contributed by atoms with Gasteiger partial charge < -0.3 is 16.0 Å². The third-order valence-electron chi connectivity index (χ3n) is 7.95. The molecule has 0 aromatic heterocycles. The molecule has 3 aliphatic rings. The molecule has 36 heavy (non-hydrogen) atoms. The molecule has 1 aliphatic heterocycles. The molecule has 2 unspecified atom stereocenters. The maximum Gasteiger partial charge on any atom is 0.227 e. The molecule has 194 valence electrons. The Morgan fingerprint density at radius 1 is 0.972 bits per heavy atom. The number of carbonyl (C=O) groups is 1. The van der Waals surface area contributed by atoms with Gasteiger partial charge in [0.1, 0.15) is 11.5 Å². The minimum atomic E-state index is -0.802. The molecule has 8 heteroatoms. The van der Waals surface area contributed by atoms with E-state index < -0.39 is 5.66 Å². The smallest absolute Gasteiger partial charge is 0.227 e. The molecule has 2 fully saturated rings. The van der Waals surface area contributed by atoms with Crippen LogP contribution in [0, 0.1) is 17.7 Å². The molecule has 0 bridgehead atoms. The highest BCUT2D eigenvalue weighted by Gasteiger charge is 2.51. The van der Waals surface area contributed by atoms with Gasteiger partial charge in [-0.3, -0.25) is 4.79 Å². The molecule has 2 aromatic rings. The van der Waals surface area contributed by atoms with Gasteiger partial charge in [0.05, 0.1) is 27.3 Å². The maximum absolute atomic E-state index is 14.2. The van der Waals surface area contributed by atoms with E-state index in [2.05, 4.69) is 16.0 Å². The Kier molecular flexibility index (Phi) is 8.24. The van der Waals surface area contributed by atoms with E-state index in [1.54, 1.807) is 6.07 Å². The van der Waals surface area contributed by atoms with Crippen LogP contribution in [-0.2, 0) is 4.79 Å². The topological polar surface area (TPSA) is 53.2 Å². The molecule has 0 saturated heterocycles. The highest BCUT2D eigenvalue weighted by atomic mass is 35.5. The van der Waals surface area contributed by atoms with Crippen LogP contribution >= 0.6 is 35.0 Å². The largest absolute Gasteiger partial charge is 0.360 e. The fourth-order valence-electron chi connectivity index (χ4n) is 6.21. The number of halogens is 3. The Balaban J connectivity index is 1.50. The van der Waals surface area contributed by atoms with Crippen molar-refractivity contribution in [1.29, 1.82) is 0 Å². The lowest BCUT2D eigenvalue weighted by Gasteiger charge is -2.43. The van der Waals surface area contributed by atoms with Crippen LogP contribution in [0.2, 0.25) is 10.0 Å². The maximum atomic E-state index is 14.2. The number of fused-ring (bicyclic) bond motifs is 1. The molecule has 2 atom stereocenters. The summed E-state index contributed by atoms with van der Waals surface area (Å²) >= 11 is 14.6. The average molecular weight is 551 g/mol. The van der Waals surface area contributed by atoms with E-state index in [1.807, 2.05) is 18.2 Å². The first-order valence-corrected chi connectivity index (χ1v) is 14.9. The van der Waals surface area contributed by atoms with Crippen LogP contribution in [0.5, 0.6) is 0 Å². The van der Waals surface area contributed by atoms with E-state index in [9.17, 15) is 9.18 Å². The lowest BCUT2D eigenvalue weighted by Crippen LogP contribution is -2.60. The fraction of sp³-hybridized carbons (Fsp3) is 0.536. The number of amides is 1. The molecule has 4 nitrogen and oxygen atoms in total. The molecule has 1 heterocycles. The van der Waals surface area contributed by atoms with Gasteiger partial charge in [-0.05, 0) is 61.9 Å². The van der Waals surface area contributed by atoms with Crippen molar-refractivity contribution in [2.24, 2.45) is 11.8 Å². The molecular formula is C28H34Cl2FN3OS. The summed E-state index contributed by atoms with van der Waals surface area (Å²) in [7, 11) is 0. The number of rotatable bonds is 7.